The van der Waals surface area contributed by atoms with E-state index in [1.54, 1.807) is 0 Å². The molecule has 0 saturated carbocycles. The molecule has 1 fully saturated rings. The average molecular weight is 409 g/mol. The molecule has 0 unspecified atom stereocenters. The van der Waals surface area contributed by atoms with Gasteiger partial charge >= 0.3 is 0 Å². The van der Waals surface area contributed by atoms with E-state index in [-0.39, 0.29) is 11.9 Å². The fourth-order valence-electron chi connectivity index (χ4n) is 4.28. The number of hydrogen-bond donors (Lipinski definition) is 2. The van der Waals surface area contributed by atoms with Crippen LogP contribution in [0.5, 0.6) is 0 Å². The summed E-state index contributed by atoms with van der Waals surface area (Å²) in [5.41, 5.74) is 3.67. The summed E-state index contributed by atoms with van der Waals surface area (Å²) in [6, 6.07) is 6.23. The van der Waals surface area contributed by atoms with E-state index in [2.05, 4.69) is 46.2 Å². The highest BCUT2D eigenvalue weighted by Crippen LogP contribution is 2.26. The van der Waals surface area contributed by atoms with Crippen molar-refractivity contribution in [3.05, 3.63) is 35.9 Å². The highest BCUT2D eigenvalue weighted by molar-refractivity contribution is 6.05. The van der Waals surface area contributed by atoms with Gasteiger partial charge in [0.05, 0.1) is 17.4 Å². The maximum atomic E-state index is 13.0. The van der Waals surface area contributed by atoms with Crippen molar-refractivity contribution in [3.63, 3.8) is 0 Å². The van der Waals surface area contributed by atoms with Crippen LogP contribution in [-0.4, -0.2) is 56.2 Å². The molecule has 0 atom stereocenters. The van der Waals surface area contributed by atoms with Crippen molar-refractivity contribution in [1.29, 1.82) is 0 Å². The van der Waals surface area contributed by atoms with Gasteiger partial charge in [0.25, 0.3) is 5.91 Å². The maximum Gasteiger partial charge on any atom is 0.272 e. The Hall–Kier alpha value is -2.67. The van der Waals surface area contributed by atoms with Gasteiger partial charge in [-0.1, -0.05) is 26.8 Å². The molecule has 160 valence electrons. The van der Waals surface area contributed by atoms with Crippen molar-refractivity contribution < 1.29 is 4.79 Å². The number of piperidine rings is 1. The molecule has 0 radical (unpaired) electrons. The molecule has 7 heteroatoms. The van der Waals surface area contributed by atoms with E-state index in [1.807, 2.05) is 42.9 Å². The van der Waals surface area contributed by atoms with Crippen molar-refractivity contribution in [2.45, 2.75) is 46.6 Å². The van der Waals surface area contributed by atoms with E-state index >= 15 is 0 Å². The number of aromatic nitrogens is 4. The summed E-state index contributed by atoms with van der Waals surface area (Å²) in [7, 11) is 2.00. The lowest BCUT2D eigenvalue weighted by Gasteiger charge is -2.36. The van der Waals surface area contributed by atoms with Crippen LogP contribution in [0.4, 0.5) is 0 Å². The topological polar surface area (TPSA) is 78.8 Å². The lowest BCUT2D eigenvalue weighted by atomic mass is 9.94. The fourth-order valence-corrected chi connectivity index (χ4v) is 4.28. The Balaban J connectivity index is 1.48. The molecular formula is C23H32N6O. The van der Waals surface area contributed by atoms with Gasteiger partial charge in [-0.3, -0.25) is 9.89 Å². The molecule has 30 heavy (non-hydrogen) atoms. The van der Waals surface area contributed by atoms with Crippen LogP contribution in [0.2, 0.25) is 0 Å². The van der Waals surface area contributed by atoms with E-state index < -0.39 is 0 Å². The second-order valence-electron chi connectivity index (χ2n) is 9.67. The number of likely N-dealkylation sites (tertiary alicyclic amines) is 1. The van der Waals surface area contributed by atoms with Gasteiger partial charge in [0.15, 0.2) is 5.69 Å². The Bertz CT molecular complexity index is 1050. The summed E-state index contributed by atoms with van der Waals surface area (Å²) in [6.45, 7) is 11.9. The Morgan fingerprint density at radius 2 is 2.00 bits per heavy atom. The Kier molecular flexibility index (Phi) is 5.40. The Labute approximate surface area is 177 Å². The van der Waals surface area contributed by atoms with Gasteiger partial charge in [-0.15, -0.1) is 0 Å². The molecule has 0 spiro atoms. The molecule has 1 aliphatic rings. The summed E-state index contributed by atoms with van der Waals surface area (Å²) < 4.78 is 2.05. The minimum atomic E-state index is -0.103. The quantitative estimate of drug-likeness (QED) is 0.692. The number of imidazole rings is 1. The molecule has 1 aromatic carbocycles. The minimum Gasteiger partial charge on any atom is -0.348 e. The standard InChI is InChI=1S/C23H32N6O/c1-15-24-13-20(28(15)5)16-6-7-19-18(12-16)21(27-26-19)22(30)25-17-8-10-29(11-9-17)14-23(2,3)4/h6-7,12-13,17H,8-11,14H2,1-5H3,(H,25,30)(H,26,27). The minimum absolute atomic E-state index is 0.103. The van der Waals surface area contributed by atoms with Crippen LogP contribution in [0.15, 0.2) is 24.4 Å². The van der Waals surface area contributed by atoms with Crippen molar-refractivity contribution in [3.8, 4) is 11.3 Å². The van der Waals surface area contributed by atoms with Gasteiger partial charge in [-0.05, 0) is 37.3 Å². The Morgan fingerprint density at radius 3 is 2.63 bits per heavy atom. The second kappa shape index (κ2) is 7.87. The SMILES string of the molecule is Cc1ncc(-c2ccc3[nH]nc(C(=O)NC4CCN(CC(C)(C)C)CC4)c3c2)n1C. The van der Waals surface area contributed by atoms with E-state index in [1.165, 1.54) is 0 Å². The smallest absolute Gasteiger partial charge is 0.272 e. The van der Waals surface area contributed by atoms with Crippen LogP contribution < -0.4 is 5.32 Å². The van der Waals surface area contributed by atoms with Gasteiger partial charge in [0, 0.05) is 43.7 Å². The summed E-state index contributed by atoms with van der Waals surface area (Å²) in [6.07, 6.45) is 3.81. The van der Waals surface area contributed by atoms with Crippen LogP contribution in [0.25, 0.3) is 22.2 Å². The first-order valence-corrected chi connectivity index (χ1v) is 10.7. The summed E-state index contributed by atoms with van der Waals surface area (Å²) in [5, 5.41) is 11.4. The number of H-pyrrole nitrogens is 1. The number of carbonyl (C=O) groups is 1. The molecule has 3 aromatic rings. The lowest BCUT2D eigenvalue weighted by molar-refractivity contribution is 0.0892. The number of aryl methyl sites for hydroxylation is 1. The van der Waals surface area contributed by atoms with Crippen molar-refractivity contribution in [1.82, 2.24) is 30.0 Å². The van der Waals surface area contributed by atoms with Crippen LogP contribution >= 0.6 is 0 Å². The predicted molar refractivity (Wildman–Crippen MR) is 119 cm³/mol. The summed E-state index contributed by atoms with van der Waals surface area (Å²) >= 11 is 0. The van der Waals surface area contributed by atoms with Crippen LogP contribution in [0.3, 0.4) is 0 Å². The third-order valence-electron chi connectivity index (χ3n) is 5.91. The molecule has 0 bridgehead atoms. The summed E-state index contributed by atoms with van der Waals surface area (Å²) in [4.78, 5) is 19.9. The first-order valence-electron chi connectivity index (χ1n) is 10.7. The zero-order valence-electron chi connectivity index (χ0n) is 18.6. The monoisotopic (exact) mass is 408 g/mol. The Morgan fingerprint density at radius 1 is 1.27 bits per heavy atom. The third kappa shape index (κ3) is 4.26. The lowest BCUT2D eigenvalue weighted by Crippen LogP contribution is -2.46. The first-order chi connectivity index (χ1) is 14.2. The number of nitrogens with one attached hydrogen (secondary N) is 2. The van der Waals surface area contributed by atoms with Crippen LogP contribution in [-0.2, 0) is 7.05 Å². The van der Waals surface area contributed by atoms with E-state index in [0.717, 1.165) is 60.5 Å². The van der Waals surface area contributed by atoms with Gasteiger partial charge in [-0.25, -0.2) is 4.98 Å². The molecule has 3 heterocycles. The highest BCUT2D eigenvalue weighted by atomic mass is 16.2. The zero-order chi connectivity index (χ0) is 21.5. The number of aromatic amines is 1. The van der Waals surface area contributed by atoms with Gasteiger partial charge in [0.1, 0.15) is 5.82 Å². The van der Waals surface area contributed by atoms with Crippen molar-refractivity contribution in [2.24, 2.45) is 12.5 Å². The maximum absolute atomic E-state index is 13.0. The third-order valence-corrected chi connectivity index (χ3v) is 5.91. The number of nitrogens with zero attached hydrogens (tertiary/aromatic N) is 4. The number of benzene rings is 1. The van der Waals surface area contributed by atoms with E-state index in [4.69, 9.17) is 0 Å². The van der Waals surface area contributed by atoms with Gasteiger partial charge < -0.3 is 14.8 Å². The molecule has 1 saturated heterocycles. The molecule has 7 nitrogen and oxygen atoms in total. The number of fused-ring (bicyclic) bond motifs is 1. The summed E-state index contributed by atoms with van der Waals surface area (Å²) in [5.74, 6) is 0.849. The molecule has 0 aliphatic carbocycles. The van der Waals surface area contributed by atoms with Crippen molar-refractivity contribution in [2.75, 3.05) is 19.6 Å². The van der Waals surface area contributed by atoms with E-state index in [0.29, 0.717) is 11.1 Å². The zero-order valence-corrected chi connectivity index (χ0v) is 18.6. The van der Waals surface area contributed by atoms with Crippen LogP contribution in [0, 0.1) is 12.3 Å². The second-order valence-corrected chi connectivity index (χ2v) is 9.67. The van der Waals surface area contributed by atoms with Crippen LogP contribution in [0.1, 0.15) is 49.9 Å². The van der Waals surface area contributed by atoms with E-state index in [9.17, 15) is 4.79 Å². The largest absolute Gasteiger partial charge is 0.348 e. The highest BCUT2D eigenvalue weighted by Gasteiger charge is 2.25. The van der Waals surface area contributed by atoms with Crippen molar-refractivity contribution >= 4 is 16.8 Å². The molecule has 1 aliphatic heterocycles. The average Bonchev–Trinajstić information content (AvgIpc) is 3.25. The normalized spacial score (nSPS) is 16.3. The fraction of sp³-hybridized carbons (Fsp3) is 0.522. The first kappa shape index (κ1) is 20.6. The number of hydrogen-bond acceptors (Lipinski definition) is 4. The molecule has 4 rings (SSSR count). The predicted octanol–water partition coefficient (Wildman–Crippen LogP) is 3.51. The molecular weight excluding hydrogens is 376 g/mol. The molecule has 2 aromatic heterocycles. The number of carbonyl (C=O) groups excluding carboxylic acids is 1. The number of rotatable bonds is 4. The van der Waals surface area contributed by atoms with Gasteiger partial charge in [-0.2, -0.15) is 5.10 Å². The molecule has 1 amide bonds. The number of amides is 1. The molecule has 2 N–H and O–H groups in total. The van der Waals surface area contributed by atoms with Gasteiger partial charge in [0.2, 0.25) is 0 Å².